The van der Waals surface area contributed by atoms with Gasteiger partial charge in [-0.3, -0.25) is 0 Å². The molecular weight excluding hydrogens is 256 g/mol. The Kier molecular flexibility index (Phi) is 6.81. The molecule has 106 valence electrons. The van der Waals surface area contributed by atoms with E-state index in [9.17, 15) is 0 Å². The zero-order valence-corrected chi connectivity index (χ0v) is 12.8. The summed E-state index contributed by atoms with van der Waals surface area (Å²) in [6, 6.07) is 5.98. The molecule has 19 heavy (non-hydrogen) atoms. The molecule has 0 bridgehead atoms. The Labute approximate surface area is 121 Å². The zero-order valence-electron chi connectivity index (χ0n) is 12.0. The van der Waals surface area contributed by atoms with Crippen molar-refractivity contribution in [3.63, 3.8) is 0 Å². The van der Waals surface area contributed by atoms with E-state index in [-0.39, 0.29) is 0 Å². The maximum Gasteiger partial charge on any atom is 0.106 e. The van der Waals surface area contributed by atoms with E-state index in [0.717, 1.165) is 43.0 Å². The number of nitrogens with two attached hydrogens (primary N) is 1. The lowest BCUT2D eigenvalue weighted by molar-refractivity contribution is 0.110. The molecule has 4 heteroatoms. The van der Waals surface area contributed by atoms with Gasteiger partial charge in [-0.2, -0.15) is 0 Å². The molecule has 3 N–H and O–H groups in total. The van der Waals surface area contributed by atoms with Gasteiger partial charge >= 0.3 is 0 Å². The van der Waals surface area contributed by atoms with Gasteiger partial charge < -0.3 is 15.8 Å². The third kappa shape index (κ3) is 5.57. The maximum atomic E-state index is 5.74. The number of ether oxygens (including phenoxy) is 1. The van der Waals surface area contributed by atoms with E-state index in [1.165, 1.54) is 0 Å². The average Bonchev–Trinajstić information content (AvgIpc) is 2.34. The molecule has 0 amide bonds. The van der Waals surface area contributed by atoms with Crippen molar-refractivity contribution in [3.8, 4) is 0 Å². The fourth-order valence-electron chi connectivity index (χ4n) is 1.81. The lowest BCUT2D eigenvalue weighted by atomic mass is 10.1. The van der Waals surface area contributed by atoms with E-state index >= 15 is 0 Å². The number of anilines is 1. The number of para-hydroxylation sites is 1. The number of nitrogens with one attached hydrogen (secondary N) is 1. The molecule has 0 aromatic heterocycles. The molecule has 0 aliphatic rings. The Morgan fingerprint density at radius 2 is 2.16 bits per heavy atom. The van der Waals surface area contributed by atoms with Gasteiger partial charge in [0, 0.05) is 31.0 Å². The predicted molar refractivity (Wildman–Crippen MR) is 85.8 cm³/mol. The molecule has 0 spiro atoms. The maximum absolute atomic E-state index is 5.74. The molecule has 0 radical (unpaired) electrons. The molecule has 0 aliphatic carbocycles. The van der Waals surface area contributed by atoms with Gasteiger partial charge in [0.05, 0.1) is 0 Å². The predicted octanol–water partition coefficient (Wildman–Crippen LogP) is 3.10. The summed E-state index contributed by atoms with van der Waals surface area (Å²) in [5.74, 6) is 0.588. The minimum absolute atomic E-state index is 0.433. The number of thiocarbonyl (C=S) groups is 1. The van der Waals surface area contributed by atoms with Crippen molar-refractivity contribution in [3.05, 3.63) is 29.3 Å². The molecule has 0 atom stereocenters. The normalized spacial score (nSPS) is 10.7. The Morgan fingerprint density at radius 3 is 2.79 bits per heavy atom. The first-order chi connectivity index (χ1) is 9.02. The van der Waals surface area contributed by atoms with E-state index in [1.807, 2.05) is 12.1 Å². The topological polar surface area (TPSA) is 47.3 Å². The van der Waals surface area contributed by atoms with Crippen LogP contribution in [0.3, 0.4) is 0 Å². The number of hydrogen-bond acceptors (Lipinski definition) is 3. The van der Waals surface area contributed by atoms with Gasteiger partial charge in [-0.15, -0.1) is 0 Å². The molecule has 0 aliphatic heterocycles. The van der Waals surface area contributed by atoms with Crippen molar-refractivity contribution < 1.29 is 4.74 Å². The zero-order chi connectivity index (χ0) is 14.3. The Morgan fingerprint density at radius 1 is 1.42 bits per heavy atom. The van der Waals surface area contributed by atoms with Crippen molar-refractivity contribution in [1.29, 1.82) is 0 Å². The Balaban J connectivity index is 2.43. The van der Waals surface area contributed by atoms with E-state index in [1.54, 1.807) is 0 Å². The molecule has 3 nitrogen and oxygen atoms in total. The van der Waals surface area contributed by atoms with Crippen LogP contribution in [0.25, 0.3) is 0 Å². The molecule has 1 aromatic carbocycles. The highest BCUT2D eigenvalue weighted by atomic mass is 32.1. The third-order valence-corrected chi connectivity index (χ3v) is 2.98. The SMILES string of the molecule is Cc1cccc(C(N)=S)c1NCCCOCC(C)C. The summed E-state index contributed by atoms with van der Waals surface area (Å²) in [6.07, 6.45) is 0.970. The minimum atomic E-state index is 0.433. The van der Waals surface area contributed by atoms with Crippen molar-refractivity contribution in [2.45, 2.75) is 27.2 Å². The molecule has 0 saturated heterocycles. The molecule has 1 aromatic rings. The van der Waals surface area contributed by atoms with E-state index in [4.69, 9.17) is 22.7 Å². The van der Waals surface area contributed by atoms with Crippen LogP contribution in [0.2, 0.25) is 0 Å². The molecule has 0 heterocycles. The van der Waals surface area contributed by atoms with Crippen LogP contribution in [0, 0.1) is 12.8 Å². The van der Waals surface area contributed by atoms with Gasteiger partial charge in [-0.05, 0) is 30.9 Å². The highest BCUT2D eigenvalue weighted by Crippen LogP contribution is 2.20. The molecule has 0 fully saturated rings. The van der Waals surface area contributed by atoms with Crippen LogP contribution >= 0.6 is 12.2 Å². The van der Waals surface area contributed by atoms with Crippen molar-refractivity contribution in [2.24, 2.45) is 11.7 Å². The summed E-state index contributed by atoms with van der Waals surface area (Å²) in [7, 11) is 0. The number of hydrogen-bond donors (Lipinski definition) is 2. The minimum Gasteiger partial charge on any atom is -0.389 e. The second-order valence-corrected chi connectivity index (χ2v) is 5.55. The summed E-state index contributed by atoms with van der Waals surface area (Å²) in [6.45, 7) is 8.82. The Hall–Kier alpha value is -1.13. The highest BCUT2D eigenvalue weighted by molar-refractivity contribution is 7.80. The summed E-state index contributed by atoms with van der Waals surface area (Å²) >= 11 is 5.07. The first-order valence-electron chi connectivity index (χ1n) is 6.73. The average molecular weight is 280 g/mol. The fraction of sp³-hybridized carbons (Fsp3) is 0.533. The summed E-state index contributed by atoms with van der Waals surface area (Å²) in [4.78, 5) is 0.433. The van der Waals surface area contributed by atoms with Gasteiger partial charge in [0.2, 0.25) is 0 Å². The van der Waals surface area contributed by atoms with Gasteiger partial charge in [-0.1, -0.05) is 38.2 Å². The van der Waals surface area contributed by atoms with Crippen LogP contribution in [0.1, 0.15) is 31.4 Å². The quantitative estimate of drug-likeness (QED) is 0.567. The van der Waals surface area contributed by atoms with Gasteiger partial charge in [0.15, 0.2) is 0 Å². The third-order valence-electron chi connectivity index (χ3n) is 2.76. The monoisotopic (exact) mass is 280 g/mol. The van der Waals surface area contributed by atoms with E-state index in [2.05, 4.69) is 32.2 Å². The lowest BCUT2D eigenvalue weighted by Crippen LogP contribution is -2.15. The number of benzene rings is 1. The molecule has 1 rings (SSSR count). The number of aryl methyl sites for hydroxylation is 1. The molecular formula is C15H24N2OS. The lowest BCUT2D eigenvalue weighted by Gasteiger charge is -2.14. The highest BCUT2D eigenvalue weighted by Gasteiger charge is 2.06. The largest absolute Gasteiger partial charge is 0.389 e. The second-order valence-electron chi connectivity index (χ2n) is 5.11. The van der Waals surface area contributed by atoms with Crippen molar-refractivity contribution in [1.82, 2.24) is 0 Å². The van der Waals surface area contributed by atoms with Gasteiger partial charge in [-0.25, -0.2) is 0 Å². The summed E-state index contributed by atoms with van der Waals surface area (Å²) < 4.78 is 5.55. The van der Waals surface area contributed by atoms with Crippen LogP contribution in [0.4, 0.5) is 5.69 Å². The van der Waals surface area contributed by atoms with E-state index < -0.39 is 0 Å². The van der Waals surface area contributed by atoms with Crippen LogP contribution < -0.4 is 11.1 Å². The second kappa shape index (κ2) is 8.12. The van der Waals surface area contributed by atoms with Crippen LogP contribution in [-0.2, 0) is 4.74 Å². The standard InChI is InChI=1S/C15H24N2OS/c1-11(2)10-18-9-5-8-17-14-12(3)6-4-7-13(14)15(16)19/h4,6-7,11,17H,5,8-10H2,1-3H3,(H2,16,19). The van der Waals surface area contributed by atoms with Gasteiger partial charge in [0.25, 0.3) is 0 Å². The van der Waals surface area contributed by atoms with Crippen LogP contribution in [0.5, 0.6) is 0 Å². The van der Waals surface area contributed by atoms with Crippen molar-refractivity contribution >= 4 is 22.9 Å². The first-order valence-corrected chi connectivity index (χ1v) is 7.14. The first kappa shape index (κ1) is 15.9. The summed E-state index contributed by atoms with van der Waals surface area (Å²) in [5.41, 5.74) is 8.85. The summed E-state index contributed by atoms with van der Waals surface area (Å²) in [5, 5.41) is 3.40. The van der Waals surface area contributed by atoms with E-state index in [0.29, 0.717) is 10.9 Å². The van der Waals surface area contributed by atoms with Crippen molar-refractivity contribution in [2.75, 3.05) is 25.1 Å². The molecule has 0 unspecified atom stereocenters. The van der Waals surface area contributed by atoms with Crippen LogP contribution in [0.15, 0.2) is 18.2 Å². The van der Waals surface area contributed by atoms with Crippen LogP contribution in [-0.4, -0.2) is 24.7 Å². The molecule has 0 saturated carbocycles. The fourth-order valence-corrected chi connectivity index (χ4v) is 1.98. The number of rotatable bonds is 8. The smallest absolute Gasteiger partial charge is 0.106 e. The van der Waals surface area contributed by atoms with Gasteiger partial charge in [0.1, 0.15) is 4.99 Å². The Bertz CT molecular complexity index is 419.